The van der Waals surface area contributed by atoms with Crippen molar-refractivity contribution in [2.75, 3.05) is 0 Å². The van der Waals surface area contributed by atoms with Crippen molar-refractivity contribution in [3.05, 3.63) is 68.5 Å². The average molecular weight is 343 g/mol. The number of carboxylic acids is 1. The highest BCUT2D eigenvalue weighted by molar-refractivity contribution is 5.97. The van der Waals surface area contributed by atoms with Gasteiger partial charge in [0.25, 0.3) is 11.5 Å². The second-order valence-electron chi connectivity index (χ2n) is 6.27. The molecule has 25 heavy (non-hydrogen) atoms. The number of carbonyl (C=O) groups is 2. The Bertz CT molecular complexity index is 939. The van der Waals surface area contributed by atoms with Crippen LogP contribution in [0.5, 0.6) is 0 Å². The number of benzene rings is 1. The van der Waals surface area contributed by atoms with Crippen LogP contribution in [0.25, 0.3) is 0 Å². The van der Waals surface area contributed by atoms with Crippen molar-refractivity contribution in [1.82, 2.24) is 14.9 Å². The number of nitrogens with zero attached hydrogens (tertiary/aromatic N) is 1. The molecule has 3 N–H and O–H groups in total. The second-order valence-corrected chi connectivity index (χ2v) is 6.27. The van der Waals surface area contributed by atoms with E-state index in [1.807, 2.05) is 35.3 Å². The average Bonchev–Trinajstić information content (AvgIpc) is 2.54. The van der Waals surface area contributed by atoms with Crippen LogP contribution in [0.1, 0.15) is 34.7 Å². The van der Waals surface area contributed by atoms with Crippen LogP contribution < -0.4 is 16.6 Å². The van der Waals surface area contributed by atoms with E-state index >= 15 is 0 Å². The quantitative estimate of drug-likeness (QED) is 0.732. The van der Waals surface area contributed by atoms with Crippen molar-refractivity contribution in [3.8, 4) is 0 Å². The summed E-state index contributed by atoms with van der Waals surface area (Å²) >= 11 is 0. The number of aryl methyl sites for hydroxylation is 1. The number of carbonyl (C=O) groups excluding carboxylic acids is 1. The van der Waals surface area contributed by atoms with Gasteiger partial charge in [-0.2, -0.15) is 0 Å². The number of H-pyrrole nitrogens is 1. The van der Waals surface area contributed by atoms with Crippen LogP contribution in [-0.2, 0) is 11.8 Å². The summed E-state index contributed by atoms with van der Waals surface area (Å²) in [6, 6.07) is 9.45. The van der Waals surface area contributed by atoms with Crippen molar-refractivity contribution in [1.29, 1.82) is 0 Å². The molecule has 0 aliphatic heterocycles. The fourth-order valence-electron chi connectivity index (χ4n) is 3.08. The third kappa shape index (κ3) is 2.98. The lowest BCUT2D eigenvalue weighted by atomic mass is 9.65. The predicted octanol–water partition coefficient (Wildman–Crippen LogP) is 0.204. The lowest BCUT2D eigenvalue weighted by molar-refractivity contribution is -0.149. The van der Waals surface area contributed by atoms with Crippen molar-refractivity contribution in [3.63, 3.8) is 0 Å². The van der Waals surface area contributed by atoms with Gasteiger partial charge < -0.3 is 15.0 Å². The number of aromatic nitrogens is 2. The van der Waals surface area contributed by atoms with Gasteiger partial charge >= 0.3 is 11.7 Å². The van der Waals surface area contributed by atoms with Crippen LogP contribution >= 0.6 is 0 Å². The molecule has 0 spiro atoms. The Balaban J connectivity index is 1.81. The Morgan fingerprint density at radius 3 is 2.48 bits per heavy atom. The molecule has 0 radical (unpaired) electrons. The summed E-state index contributed by atoms with van der Waals surface area (Å²) in [4.78, 5) is 49.3. The molecule has 1 aromatic heterocycles. The summed E-state index contributed by atoms with van der Waals surface area (Å²) in [7, 11) is 1.39. The van der Waals surface area contributed by atoms with Crippen LogP contribution in [0.3, 0.4) is 0 Å². The Labute approximate surface area is 142 Å². The number of hydrogen-bond donors (Lipinski definition) is 3. The minimum Gasteiger partial charge on any atom is -0.480 e. The topological polar surface area (TPSA) is 121 Å². The van der Waals surface area contributed by atoms with Gasteiger partial charge in [0.15, 0.2) is 0 Å². The molecule has 8 heteroatoms. The molecule has 130 valence electrons. The summed E-state index contributed by atoms with van der Waals surface area (Å²) in [6.07, 6.45) is 1.57. The normalized spacial score (nSPS) is 22.0. The molecular weight excluding hydrogens is 326 g/mol. The molecule has 2 aromatic rings. The van der Waals surface area contributed by atoms with Crippen molar-refractivity contribution >= 4 is 11.9 Å². The summed E-state index contributed by atoms with van der Waals surface area (Å²) < 4.78 is 1.05. The van der Waals surface area contributed by atoms with E-state index in [0.29, 0.717) is 0 Å². The molecule has 0 unspecified atom stereocenters. The van der Waals surface area contributed by atoms with E-state index in [9.17, 15) is 24.3 Å². The monoisotopic (exact) mass is 343 g/mol. The van der Waals surface area contributed by atoms with Crippen LogP contribution in [0.15, 0.2) is 46.1 Å². The van der Waals surface area contributed by atoms with Gasteiger partial charge in [-0.25, -0.2) is 9.59 Å². The molecule has 1 heterocycles. The van der Waals surface area contributed by atoms with Gasteiger partial charge in [-0.1, -0.05) is 30.3 Å². The molecule has 0 saturated heterocycles. The van der Waals surface area contributed by atoms with Gasteiger partial charge in [0.05, 0.1) is 0 Å². The minimum atomic E-state index is -1.42. The first-order valence-corrected chi connectivity index (χ1v) is 7.73. The number of aliphatic carboxylic acids is 1. The molecular formula is C17H17N3O5. The largest absolute Gasteiger partial charge is 0.480 e. The van der Waals surface area contributed by atoms with E-state index in [-0.39, 0.29) is 24.3 Å². The SMILES string of the molecule is Cn1cc(C(=O)NC2(C(=O)O)CC(c3ccccc3)C2)c(=O)[nH]c1=O. The van der Waals surface area contributed by atoms with Gasteiger partial charge in [0, 0.05) is 13.2 Å². The maximum atomic E-state index is 12.4. The highest BCUT2D eigenvalue weighted by Crippen LogP contribution is 2.45. The molecule has 1 amide bonds. The lowest BCUT2D eigenvalue weighted by Crippen LogP contribution is -2.62. The van der Waals surface area contributed by atoms with Crippen LogP contribution in [0.4, 0.5) is 0 Å². The van der Waals surface area contributed by atoms with E-state index in [4.69, 9.17) is 0 Å². The van der Waals surface area contributed by atoms with Crippen molar-refractivity contribution < 1.29 is 14.7 Å². The highest BCUT2D eigenvalue weighted by Gasteiger charge is 2.52. The van der Waals surface area contributed by atoms with Crippen LogP contribution in [-0.4, -0.2) is 32.1 Å². The fourth-order valence-corrected chi connectivity index (χ4v) is 3.08. The van der Waals surface area contributed by atoms with Crippen LogP contribution in [0.2, 0.25) is 0 Å². The van der Waals surface area contributed by atoms with Gasteiger partial charge in [0.1, 0.15) is 11.1 Å². The zero-order valence-corrected chi connectivity index (χ0v) is 13.5. The number of carboxylic acid groups (broad SMARTS) is 1. The Morgan fingerprint density at radius 2 is 1.88 bits per heavy atom. The second kappa shape index (κ2) is 6.04. The molecule has 1 aromatic carbocycles. The molecule has 1 saturated carbocycles. The first-order chi connectivity index (χ1) is 11.8. The molecule has 3 rings (SSSR count). The Hall–Kier alpha value is -3.16. The van der Waals surface area contributed by atoms with E-state index in [1.54, 1.807) is 0 Å². The number of hydrogen-bond acceptors (Lipinski definition) is 4. The van der Waals surface area contributed by atoms with Gasteiger partial charge in [-0.3, -0.25) is 14.6 Å². The molecule has 1 fully saturated rings. The number of aromatic amines is 1. The van der Waals surface area contributed by atoms with E-state index < -0.39 is 28.7 Å². The van der Waals surface area contributed by atoms with E-state index in [1.165, 1.54) is 7.05 Å². The molecule has 0 atom stereocenters. The smallest absolute Gasteiger partial charge is 0.329 e. The van der Waals surface area contributed by atoms with Gasteiger partial charge in [-0.05, 0) is 24.3 Å². The third-order valence-electron chi connectivity index (χ3n) is 4.58. The minimum absolute atomic E-state index is 0.0241. The van der Waals surface area contributed by atoms with E-state index in [2.05, 4.69) is 5.32 Å². The van der Waals surface area contributed by atoms with E-state index in [0.717, 1.165) is 16.3 Å². The maximum Gasteiger partial charge on any atom is 0.329 e. The number of amides is 1. The number of rotatable bonds is 4. The van der Waals surface area contributed by atoms with Crippen molar-refractivity contribution in [2.24, 2.45) is 7.05 Å². The Morgan fingerprint density at radius 1 is 1.24 bits per heavy atom. The fraction of sp³-hybridized carbons (Fsp3) is 0.294. The third-order valence-corrected chi connectivity index (χ3v) is 4.58. The van der Waals surface area contributed by atoms with Crippen molar-refractivity contribution in [2.45, 2.75) is 24.3 Å². The number of nitrogens with one attached hydrogen (secondary N) is 2. The highest BCUT2D eigenvalue weighted by atomic mass is 16.4. The van der Waals surface area contributed by atoms with Gasteiger partial charge in [-0.15, -0.1) is 0 Å². The first kappa shape index (κ1) is 16.7. The summed E-state index contributed by atoms with van der Waals surface area (Å²) in [5, 5.41) is 12.0. The molecule has 1 aliphatic rings. The summed E-state index contributed by atoms with van der Waals surface area (Å²) in [5.74, 6) is -1.93. The zero-order chi connectivity index (χ0) is 18.2. The molecule has 8 nitrogen and oxygen atoms in total. The first-order valence-electron chi connectivity index (χ1n) is 7.73. The summed E-state index contributed by atoms with van der Waals surface area (Å²) in [6.45, 7) is 0. The maximum absolute atomic E-state index is 12.4. The summed E-state index contributed by atoms with van der Waals surface area (Å²) in [5.41, 5.74) is -2.21. The molecule has 1 aliphatic carbocycles. The lowest BCUT2D eigenvalue weighted by Gasteiger charge is -2.45. The Kier molecular flexibility index (Phi) is 4.03. The predicted molar refractivity (Wildman–Crippen MR) is 88.6 cm³/mol. The molecule has 0 bridgehead atoms. The van der Waals surface area contributed by atoms with Gasteiger partial charge in [0.2, 0.25) is 0 Å². The van der Waals surface area contributed by atoms with Crippen LogP contribution in [0, 0.1) is 0 Å². The standard InChI is InChI=1S/C17H17N3O5/c1-20-9-12(13(21)18-16(20)25)14(22)19-17(15(23)24)7-11(8-17)10-5-3-2-4-6-10/h2-6,9,11H,7-8H2,1H3,(H,19,22)(H,23,24)(H,18,21,25). The zero-order valence-electron chi connectivity index (χ0n) is 13.5.